The topological polar surface area (TPSA) is 136 Å². The summed E-state index contributed by atoms with van der Waals surface area (Å²) in [5.41, 5.74) is 1.23. The smallest absolute Gasteiger partial charge is 0.407 e. The fourth-order valence-corrected chi connectivity index (χ4v) is 6.17. The molecule has 0 spiro atoms. The molecule has 3 N–H and O–H groups in total. The minimum absolute atomic E-state index is 0.235. The summed E-state index contributed by atoms with van der Waals surface area (Å²) in [7, 11) is 0. The quantitative estimate of drug-likeness (QED) is 0.348. The highest BCUT2D eigenvalue weighted by Gasteiger charge is 2.49. The zero-order chi connectivity index (χ0) is 32.0. The number of carbonyl (C=O) groups is 3. The van der Waals surface area contributed by atoms with Crippen molar-refractivity contribution in [3.63, 3.8) is 0 Å². The first-order valence-electron chi connectivity index (χ1n) is 15.8. The van der Waals surface area contributed by atoms with Gasteiger partial charge in [0.05, 0.1) is 44.4 Å². The van der Waals surface area contributed by atoms with E-state index in [1.165, 1.54) is 4.90 Å². The van der Waals surface area contributed by atoms with Gasteiger partial charge in [-0.15, -0.1) is 0 Å². The first kappa shape index (κ1) is 32.9. The first-order valence-corrected chi connectivity index (χ1v) is 15.8. The predicted molar refractivity (Wildman–Crippen MR) is 165 cm³/mol. The van der Waals surface area contributed by atoms with Crippen LogP contribution in [-0.4, -0.2) is 95.8 Å². The van der Waals surface area contributed by atoms with Crippen LogP contribution in [0.5, 0.6) is 0 Å². The Morgan fingerprint density at radius 2 is 1.64 bits per heavy atom. The molecule has 3 aliphatic rings. The molecule has 3 heterocycles. The highest BCUT2D eigenvalue weighted by atomic mass is 16.6. The summed E-state index contributed by atoms with van der Waals surface area (Å²) in [5.74, 6) is -0.620. The van der Waals surface area contributed by atoms with Gasteiger partial charge in [0.1, 0.15) is 30.0 Å². The van der Waals surface area contributed by atoms with Crippen molar-refractivity contribution < 1.29 is 38.4 Å². The number of likely N-dealkylation sites (tertiary alicyclic amines) is 1. The van der Waals surface area contributed by atoms with E-state index in [9.17, 15) is 19.5 Å². The average Bonchev–Trinajstić information content (AvgIpc) is 3.74. The van der Waals surface area contributed by atoms with Crippen LogP contribution in [0, 0.1) is 0 Å². The van der Waals surface area contributed by atoms with Crippen LogP contribution < -0.4 is 10.6 Å². The maximum Gasteiger partial charge on any atom is 0.407 e. The molecule has 5 rings (SSSR count). The minimum Gasteiger partial charge on any atom is -0.444 e. The molecule has 0 unspecified atom stereocenters. The Kier molecular flexibility index (Phi) is 10.8. The third kappa shape index (κ3) is 8.82. The number of alkyl carbamates (subject to hydrolysis) is 1. The number of aliphatic hydroxyl groups is 1. The summed E-state index contributed by atoms with van der Waals surface area (Å²) in [6.45, 7) is 6.80. The van der Waals surface area contributed by atoms with Gasteiger partial charge in [-0.3, -0.25) is 9.59 Å². The third-order valence-corrected chi connectivity index (χ3v) is 8.37. The van der Waals surface area contributed by atoms with Crippen LogP contribution in [0.4, 0.5) is 4.79 Å². The number of amides is 3. The molecule has 3 amide bonds. The number of aliphatic hydroxyl groups excluding tert-OH is 1. The maximum absolute atomic E-state index is 13.5. The number of benzene rings is 2. The third-order valence-electron chi connectivity index (χ3n) is 8.37. The average molecular weight is 624 g/mol. The molecule has 0 aromatic heterocycles. The lowest BCUT2D eigenvalue weighted by Crippen LogP contribution is -2.53. The van der Waals surface area contributed by atoms with Crippen molar-refractivity contribution in [3.05, 3.63) is 71.8 Å². The zero-order valence-corrected chi connectivity index (χ0v) is 26.2. The molecule has 0 bridgehead atoms. The normalized spacial score (nSPS) is 25.8. The van der Waals surface area contributed by atoms with Crippen molar-refractivity contribution in [3.8, 4) is 0 Å². The van der Waals surface area contributed by atoms with Gasteiger partial charge in [0.15, 0.2) is 0 Å². The molecule has 0 aliphatic carbocycles. The Bertz CT molecular complexity index is 1290. The van der Waals surface area contributed by atoms with Crippen LogP contribution in [0.2, 0.25) is 0 Å². The standard InChI is InChI=1S/C34H45N3O8/c1-34(2,3)45-33(41)36-24(17-22-11-6-4-7-12-22)27(38)18-29(39)37-16-10-15-26(37)32(40)35-25-20-43-31-28(21-44-30(25)31)42-19-23-13-8-5-9-14-23/h4-9,11-14,24-28,30-31,38H,10,15-21H2,1-3H3,(H,35,40)(H,36,41)/t24-,25-,26-,27-,28+,30+,31+/m0/s1. The van der Waals surface area contributed by atoms with E-state index in [0.717, 1.165) is 11.1 Å². The Morgan fingerprint density at radius 3 is 2.33 bits per heavy atom. The summed E-state index contributed by atoms with van der Waals surface area (Å²) in [6, 6.07) is 17.5. The maximum atomic E-state index is 13.5. The van der Waals surface area contributed by atoms with Gasteiger partial charge in [-0.05, 0) is 51.2 Å². The summed E-state index contributed by atoms with van der Waals surface area (Å²) >= 11 is 0. The Morgan fingerprint density at radius 1 is 0.978 bits per heavy atom. The highest BCUT2D eigenvalue weighted by molar-refractivity contribution is 5.88. The lowest BCUT2D eigenvalue weighted by molar-refractivity contribution is -0.140. The summed E-state index contributed by atoms with van der Waals surface area (Å²) in [4.78, 5) is 41.0. The Hall–Kier alpha value is -3.51. The fourth-order valence-electron chi connectivity index (χ4n) is 6.17. The van der Waals surface area contributed by atoms with Crippen LogP contribution in [0.25, 0.3) is 0 Å². The van der Waals surface area contributed by atoms with Crippen molar-refractivity contribution in [1.82, 2.24) is 15.5 Å². The van der Waals surface area contributed by atoms with Gasteiger partial charge in [0, 0.05) is 6.54 Å². The van der Waals surface area contributed by atoms with Gasteiger partial charge in [-0.1, -0.05) is 60.7 Å². The van der Waals surface area contributed by atoms with Crippen molar-refractivity contribution in [1.29, 1.82) is 0 Å². The van der Waals surface area contributed by atoms with Gasteiger partial charge in [0.2, 0.25) is 11.8 Å². The molecular formula is C34H45N3O8. The van der Waals surface area contributed by atoms with Gasteiger partial charge in [-0.2, -0.15) is 0 Å². The first-order chi connectivity index (χ1) is 21.6. The van der Waals surface area contributed by atoms with E-state index in [2.05, 4.69) is 10.6 Å². The van der Waals surface area contributed by atoms with Crippen LogP contribution >= 0.6 is 0 Å². The van der Waals surface area contributed by atoms with Gasteiger partial charge in [0.25, 0.3) is 0 Å². The molecule has 2 aromatic carbocycles. The second-order valence-electron chi connectivity index (χ2n) is 13.0. The largest absolute Gasteiger partial charge is 0.444 e. The molecule has 11 heteroatoms. The second kappa shape index (κ2) is 14.7. The highest BCUT2D eigenvalue weighted by Crippen LogP contribution is 2.30. The second-order valence-corrected chi connectivity index (χ2v) is 13.0. The lowest BCUT2D eigenvalue weighted by atomic mass is 9.98. The molecule has 11 nitrogen and oxygen atoms in total. The fraction of sp³-hybridized carbons (Fsp3) is 0.559. The summed E-state index contributed by atoms with van der Waals surface area (Å²) in [5, 5.41) is 17.0. The number of carbonyl (C=O) groups excluding carboxylic acids is 3. The predicted octanol–water partition coefficient (Wildman–Crippen LogP) is 2.73. The summed E-state index contributed by atoms with van der Waals surface area (Å²) < 4.78 is 23.5. The molecule has 45 heavy (non-hydrogen) atoms. The Balaban J connectivity index is 1.15. The van der Waals surface area contributed by atoms with Crippen molar-refractivity contribution in [2.24, 2.45) is 0 Å². The van der Waals surface area contributed by atoms with Gasteiger partial charge in [-0.25, -0.2) is 4.79 Å². The van der Waals surface area contributed by atoms with E-state index < -0.39 is 29.9 Å². The zero-order valence-electron chi connectivity index (χ0n) is 26.2. The van der Waals surface area contributed by atoms with E-state index in [4.69, 9.17) is 18.9 Å². The molecule has 3 fully saturated rings. The number of hydrogen-bond acceptors (Lipinski definition) is 8. The molecule has 2 aromatic rings. The van der Waals surface area contributed by atoms with Gasteiger partial charge < -0.3 is 39.6 Å². The van der Waals surface area contributed by atoms with Crippen molar-refractivity contribution in [2.45, 2.75) is 101 Å². The monoisotopic (exact) mass is 623 g/mol. The van der Waals surface area contributed by atoms with Crippen LogP contribution in [0.3, 0.4) is 0 Å². The number of fused-ring (bicyclic) bond motifs is 1. The van der Waals surface area contributed by atoms with Crippen LogP contribution in [0.15, 0.2) is 60.7 Å². The molecule has 3 saturated heterocycles. The number of ether oxygens (including phenoxy) is 4. The molecule has 0 saturated carbocycles. The SMILES string of the molecule is CC(C)(C)OC(=O)N[C@@H](Cc1ccccc1)[C@@H](O)CC(=O)N1CCC[C@H]1C(=O)N[C@H]1CO[C@H]2[C@@H]1OC[C@H]2OCc1ccccc1. The van der Waals surface area contributed by atoms with Crippen molar-refractivity contribution >= 4 is 17.9 Å². The van der Waals surface area contributed by atoms with Gasteiger partial charge >= 0.3 is 6.09 Å². The lowest BCUT2D eigenvalue weighted by Gasteiger charge is -2.30. The number of rotatable bonds is 11. The summed E-state index contributed by atoms with van der Waals surface area (Å²) in [6.07, 6.45) is -1.48. The molecule has 7 atom stereocenters. The van der Waals surface area contributed by atoms with E-state index >= 15 is 0 Å². The number of nitrogens with zero attached hydrogens (tertiary/aromatic N) is 1. The number of nitrogens with one attached hydrogen (secondary N) is 2. The van der Waals surface area contributed by atoms with E-state index in [0.29, 0.717) is 45.6 Å². The minimum atomic E-state index is -1.20. The molecule has 244 valence electrons. The van der Waals surface area contributed by atoms with E-state index in [-0.39, 0.29) is 42.6 Å². The molecule has 0 radical (unpaired) electrons. The number of hydrogen-bond donors (Lipinski definition) is 3. The molecule has 3 aliphatic heterocycles. The molecular weight excluding hydrogens is 578 g/mol. The van der Waals surface area contributed by atoms with Crippen LogP contribution in [0.1, 0.15) is 51.2 Å². The van der Waals surface area contributed by atoms with E-state index in [1.54, 1.807) is 20.8 Å². The van der Waals surface area contributed by atoms with Crippen molar-refractivity contribution in [2.75, 3.05) is 19.8 Å². The Labute approximate surface area is 264 Å². The van der Waals surface area contributed by atoms with E-state index in [1.807, 2.05) is 60.7 Å². The van der Waals surface area contributed by atoms with Crippen LogP contribution in [-0.2, 0) is 41.6 Å².